The van der Waals surface area contributed by atoms with Gasteiger partial charge in [0.15, 0.2) is 6.29 Å². The maximum atomic E-state index is 10.6. The molecule has 0 unspecified atom stereocenters. The quantitative estimate of drug-likeness (QED) is 0.0729. The number of carbonyl (C=O) groups is 2. The predicted molar refractivity (Wildman–Crippen MR) is 288 cm³/mol. The molecule has 0 aliphatic carbocycles. The van der Waals surface area contributed by atoms with E-state index in [0.717, 1.165) is 49.1 Å². The van der Waals surface area contributed by atoms with Crippen LogP contribution in [0.4, 0.5) is 23.3 Å². The molecule has 0 aliphatic rings. The zero-order valence-corrected chi connectivity index (χ0v) is 43.0. The Morgan fingerprint density at radius 1 is 0.426 bits per heavy atom. The highest BCUT2D eigenvalue weighted by Crippen LogP contribution is 2.22. The van der Waals surface area contributed by atoms with E-state index in [0.29, 0.717) is 74.2 Å². The van der Waals surface area contributed by atoms with E-state index in [2.05, 4.69) is 51.8 Å². The minimum Gasteiger partial charge on any atom is -0.384 e. The molecule has 0 saturated heterocycles. The van der Waals surface area contributed by atoms with Crippen LogP contribution in [0.15, 0.2) is 162 Å². The summed E-state index contributed by atoms with van der Waals surface area (Å²) in [7, 11) is 0. The highest BCUT2D eigenvalue weighted by molar-refractivity contribution is 9.10. The van der Waals surface area contributed by atoms with Crippen LogP contribution in [0.25, 0.3) is 0 Å². The van der Waals surface area contributed by atoms with Crippen molar-refractivity contribution >= 4 is 145 Å². The monoisotopic (exact) mass is 1130 g/mol. The number of hydrogen-bond acceptors (Lipinski definition) is 10. The van der Waals surface area contributed by atoms with Crippen molar-refractivity contribution < 1.29 is 9.59 Å². The maximum absolute atomic E-state index is 10.6. The Labute approximate surface area is 442 Å². The van der Waals surface area contributed by atoms with Crippen LogP contribution in [0, 0.1) is 0 Å². The predicted octanol–water partition coefficient (Wildman–Crippen LogP) is 16.0. The fraction of sp³-hybridized carbons (Fsp3) is 0.0612. The van der Waals surface area contributed by atoms with Crippen LogP contribution in [0.1, 0.15) is 37.4 Å². The van der Waals surface area contributed by atoms with Gasteiger partial charge in [0.05, 0.1) is 10.0 Å². The smallest absolute Gasteiger partial charge is 0.153 e. The molecule has 0 bridgehead atoms. The lowest BCUT2D eigenvalue weighted by Gasteiger charge is -2.06. The molecule has 350 valence electrons. The molecule has 0 atom stereocenters. The number of hydrogen-bond donors (Lipinski definition) is 4. The molecule has 4 heterocycles. The Hall–Kier alpha value is -5.18. The van der Waals surface area contributed by atoms with Crippen LogP contribution in [0.5, 0.6) is 0 Å². The number of nitrogens with zero attached hydrogens (tertiary/aromatic N) is 4. The molecular weight excluding hydrogens is 1100 g/mol. The van der Waals surface area contributed by atoms with Gasteiger partial charge in [-0.05, 0) is 130 Å². The average molecular weight is 1140 g/mol. The largest absolute Gasteiger partial charge is 0.384 e. The van der Waals surface area contributed by atoms with Gasteiger partial charge in [0.2, 0.25) is 0 Å². The minimum atomic E-state index is 0.200. The average Bonchev–Trinajstić information content (AvgIpc) is 3.33. The fourth-order valence-electron chi connectivity index (χ4n) is 5.00. The normalized spacial score (nSPS) is 9.90. The van der Waals surface area contributed by atoms with E-state index in [1.54, 1.807) is 60.7 Å². The van der Waals surface area contributed by atoms with E-state index in [4.69, 9.17) is 98.5 Å². The topological polar surface area (TPSA) is 148 Å². The molecule has 8 rings (SSSR count). The summed E-state index contributed by atoms with van der Waals surface area (Å²) in [4.78, 5) is 36.8. The summed E-state index contributed by atoms with van der Waals surface area (Å²) in [5.41, 5.74) is 9.66. The number of pyridine rings is 4. The van der Waals surface area contributed by atoms with Gasteiger partial charge in [-0.15, -0.1) is 0 Å². The van der Waals surface area contributed by atoms with Gasteiger partial charge in [0.1, 0.15) is 50.2 Å². The first kappa shape index (κ1) is 55.4. The summed E-state index contributed by atoms with van der Waals surface area (Å²) in [5.74, 6) is 2.59. The van der Waals surface area contributed by atoms with Gasteiger partial charge in [-0.25, -0.2) is 19.9 Å². The Morgan fingerprint density at radius 3 is 1.19 bits per heavy atom. The number of anilines is 4. The van der Waals surface area contributed by atoms with Gasteiger partial charge < -0.3 is 21.7 Å². The number of aromatic nitrogens is 4. The molecule has 10 nitrogen and oxygen atoms in total. The number of nitrogen functional groups attached to an aromatic ring is 1. The molecule has 0 radical (unpaired) electrons. The van der Waals surface area contributed by atoms with Crippen LogP contribution >= 0.6 is 109 Å². The summed E-state index contributed by atoms with van der Waals surface area (Å²) in [6.45, 7) is 1.99. The summed E-state index contributed by atoms with van der Waals surface area (Å²) in [6, 6.07) is 47.2. The van der Waals surface area contributed by atoms with E-state index < -0.39 is 0 Å². The van der Waals surface area contributed by atoms with Gasteiger partial charge >= 0.3 is 0 Å². The van der Waals surface area contributed by atoms with Crippen LogP contribution in [-0.2, 0) is 19.6 Å². The second-order valence-electron chi connectivity index (χ2n) is 13.5. The molecule has 0 fully saturated rings. The zero-order chi connectivity index (χ0) is 49.3. The number of nitrogens with one attached hydrogen (secondary N) is 3. The highest BCUT2D eigenvalue weighted by atomic mass is 79.9. The number of rotatable bonds is 11. The molecule has 4 aromatic heterocycles. The first-order valence-corrected chi connectivity index (χ1v) is 23.6. The lowest BCUT2D eigenvalue weighted by atomic mass is 10.2. The van der Waals surface area contributed by atoms with Crippen LogP contribution < -0.4 is 21.7 Å². The Morgan fingerprint density at radius 2 is 0.824 bits per heavy atom. The number of carbonyl (C=O) groups excluding carboxylic acids is 2. The second-order valence-corrected chi connectivity index (χ2v) is 17.6. The third-order valence-electron chi connectivity index (χ3n) is 8.43. The van der Waals surface area contributed by atoms with Crippen molar-refractivity contribution in [3.05, 3.63) is 231 Å². The van der Waals surface area contributed by atoms with Gasteiger partial charge in [0, 0.05) is 45.3 Å². The molecule has 68 heavy (non-hydrogen) atoms. The molecule has 0 aliphatic heterocycles. The highest BCUT2D eigenvalue weighted by Gasteiger charge is 2.04. The number of nitrogens with two attached hydrogens (primary N) is 1. The molecule has 5 N–H and O–H groups in total. The molecule has 19 heteroatoms. The standard InChI is InChI=1S/C13H10Cl2N2O.C12H9BrCl2N2.C12H10Cl2N2.C7H5ClO.C5H5ClN2/c14-11-4-1-9(2-5-11)7-16-12-6-3-10(8-18)13(15)17-12;13-10-5-6-11(17-12(10)15)16-7-8-1-3-9(14)4-2-8;13-10-6-4-9(5-7-10)8-15-12-3-1-2-11(14)16-12;8-7-3-1-6(5-9)2-4-7;6-4-2-1-3-5(7)8-4/h1-6,8H,7H2,(H,16,17);1-6H,7H2,(H,16,17);1-7H,8H2,(H,15,16);1-5H;1-3H,(H2,7,8). The Kier molecular flexibility index (Phi) is 24.7. The Balaban J connectivity index is 0.000000191. The Bertz CT molecular complexity index is 2780. The van der Waals surface area contributed by atoms with Crippen molar-refractivity contribution in [2.24, 2.45) is 0 Å². The van der Waals surface area contributed by atoms with Gasteiger partial charge in [-0.1, -0.05) is 153 Å². The molecule has 0 amide bonds. The summed E-state index contributed by atoms with van der Waals surface area (Å²) < 4.78 is 0.788. The van der Waals surface area contributed by atoms with E-state index in [1.807, 2.05) is 97.1 Å². The van der Waals surface area contributed by atoms with Crippen molar-refractivity contribution in [3.8, 4) is 0 Å². The van der Waals surface area contributed by atoms with Gasteiger partial charge in [-0.3, -0.25) is 9.59 Å². The SMILES string of the molecule is Clc1ccc(CNc2ccc(Br)c(Cl)n2)cc1.Clc1ccc(CNc2cccc(Cl)n2)cc1.Nc1cccc(Cl)n1.O=Cc1ccc(Cl)cc1.O=Cc1ccc(NCc2ccc(Cl)cc2)nc1Cl. The van der Waals surface area contributed by atoms with Crippen molar-refractivity contribution in [3.63, 3.8) is 0 Å². The lowest BCUT2D eigenvalue weighted by Crippen LogP contribution is -2.02. The van der Waals surface area contributed by atoms with Crippen molar-refractivity contribution in [2.75, 3.05) is 21.7 Å². The molecule has 8 aromatic rings. The molecule has 4 aromatic carbocycles. The zero-order valence-electron chi connectivity index (χ0n) is 35.4. The summed E-state index contributed by atoms with van der Waals surface area (Å²) in [6.07, 6.45) is 1.47. The van der Waals surface area contributed by atoms with E-state index in [1.165, 1.54) is 0 Å². The third kappa shape index (κ3) is 21.8. The van der Waals surface area contributed by atoms with Crippen LogP contribution in [0.2, 0.25) is 40.7 Å². The van der Waals surface area contributed by atoms with Crippen LogP contribution in [0.3, 0.4) is 0 Å². The van der Waals surface area contributed by atoms with Crippen molar-refractivity contribution in [1.82, 2.24) is 19.9 Å². The second kappa shape index (κ2) is 30.3. The number of halogens is 9. The number of aldehydes is 2. The first-order chi connectivity index (χ1) is 32.7. The van der Waals surface area contributed by atoms with E-state index >= 15 is 0 Å². The van der Waals surface area contributed by atoms with E-state index in [9.17, 15) is 9.59 Å². The summed E-state index contributed by atoms with van der Waals surface area (Å²) in [5, 5.41) is 13.9. The molecular formula is C49H39BrCl8N8O2. The lowest BCUT2D eigenvalue weighted by molar-refractivity contribution is 0.111. The third-order valence-corrected chi connectivity index (χ3v) is 11.3. The fourth-order valence-corrected chi connectivity index (χ4v) is 6.42. The van der Waals surface area contributed by atoms with Crippen LogP contribution in [-0.4, -0.2) is 32.5 Å². The molecule has 0 saturated carbocycles. The van der Waals surface area contributed by atoms with E-state index in [-0.39, 0.29) is 5.15 Å². The first-order valence-electron chi connectivity index (χ1n) is 19.8. The number of benzene rings is 4. The van der Waals surface area contributed by atoms with Crippen molar-refractivity contribution in [2.45, 2.75) is 19.6 Å². The molecule has 0 spiro atoms. The van der Waals surface area contributed by atoms with Gasteiger partial charge in [-0.2, -0.15) is 0 Å². The minimum absolute atomic E-state index is 0.200. The maximum Gasteiger partial charge on any atom is 0.153 e. The summed E-state index contributed by atoms with van der Waals surface area (Å²) >= 11 is 49.2. The van der Waals surface area contributed by atoms with Gasteiger partial charge in [0.25, 0.3) is 0 Å². The van der Waals surface area contributed by atoms with Crippen molar-refractivity contribution in [1.29, 1.82) is 0 Å².